The van der Waals surface area contributed by atoms with Crippen LogP contribution in [0.3, 0.4) is 0 Å². The van der Waals surface area contributed by atoms with Crippen LogP contribution in [0.1, 0.15) is 18.2 Å². The van der Waals surface area contributed by atoms with Crippen LogP contribution in [-0.4, -0.2) is 12.6 Å². The number of rotatable bonds is 2. The maximum atomic E-state index is 13.5. The van der Waals surface area contributed by atoms with Gasteiger partial charge in [0.05, 0.1) is 0 Å². The quantitative estimate of drug-likeness (QED) is 0.707. The lowest BCUT2D eigenvalue weighted by Gasteiger charge is -2.30. The van der Waals surface area contributed by atoms with E-state index in [-0.39, 0.29) is 6.04 Å². The smallest absolute Gasteiger partial charge is 0.140 e. The lowest BCUT2D eigenvalue weighted by Crippen LogP contribution is -2.45. The first-order chi connectivity index (χ1) is 5.88. The van der Waals surface area contributed by atoms with Gasteiger partial charge in [0.2, 0.25) is 0 Å². The third-order valence-electron chi connectivity index (χ3n) is 2.33. The summed E-state index contributed by atoms with van der Waals surface area (Å²) in [6.07, 6.45) is 0.121. The van der Waals surface area contributed by atoms with E-state index >= 15 is 0 Å². The van der Waals surface area contributed by atoms with Crippen LogP contribution in [-0.2, 0) is 0 Å². The van der Waals surface area contributed by atoms with E-state index in [1.54, 1.807) is 0 Å². The Balaban J connectivity index is 2.08. The molecule has 1 N–H and O–H groups in total. The normalized spacial score (nSPS) is 24.6. The minimum Gasteiger partial charge on any atom is -0.311 e. The zero-order valence-corrected chi connectivity index (χ0v) is 6.83. The van der Waals surface area contributed by atoms with Crippen molar-refractivity contribution in [2.24, 2.45) is 0 Å². The molecule has 2 atom stereocenters. The predicted molar refractivity (Wildman–Crippen MR) is 46.7 cm³/mol. The van der Waals surface area contributed by atoms with Gasteiger partial charge in [0.15, 0.2) is 0 Å². The molecular weight excluding hydrogens is 153 g/mol. The number of halogens is 1. The van der Waals surface area contributed by atoms with Crippen molar-refractivity contribution in [3.63, 3.8) is 0 Å². The van der Waals surface area contributed by atoms with Gasteiger partial charge in [-0.05, 0) is 18.5 Å². The zero-order chi connectivity index (χ0) is 8.39. The number of nitrogens with one attached hydrogen (secondary N) is 1. The molecule has 1 heterocycles. The van der Waals surface area contributed by atoms with Gasteiger partial charge in [-0.15, -0.1) is 0 Å². The number of alkyl halides is 1. The monoisotopic (exact) mass is 165 g/mol. The van der Waals surface area contributed by atoms with Crippen LogP contribution < -0.4 is 5.32 Å². The van der Waals surface area contributed by atoms with Gasteiger partial charge in [-0.3, -0.25) is 0 Å². The maximum absolute atomic E-state index is 13.5. The fraction of sp³-hybridized carbons (Fsp3) is 0.400. The van der Waals surface area contributed by atoms with E-state index in [1.165, 1.54) is 0 Å². The molecule has 0 amide bonds. The largest absolute Gasteiger partial charge is 0.311 e. The standard InChI is InChI=1S/C10H12FN/c11-10(9-6-7-12-9)8-4-2-1-3-5-8/h1-5,9-10,12H,6-7H2. The summed E-state index contributed by atoms with van der Waals surface area (Å²) in [5, 5.41) is 3.07. The number of hydrogen-bond donors (Lipinski definition) is 1. The van der Waals surface area contributed by atoms with Gasteiger partial charge < -0.3 is 5.32 Å². The van der Waals surface area contributed by atoms with E-state index in [2.05, 4.69) is 5.32 Å². The second-order valence-electron chi connectivity index (χ2n) is 3.16. The van der Waals surface area contributed by atoms with Gasteiger partial charge in [0.25, 0.3) is 0 Å². The Labute approximate surface area is 71.6 Å². The first kappa shape index (κ1) is 7.74. The summed E-state index contributed by atoms with van der Waals surface area (Å²) in [4.78, 5) is 0. The molecule has 1 aromatic carbocycles. The van der Waals surface area contributed by atoms with Crippen LogP contribution in [0.15, 0.2) is 30.3 Å². The summed E-state index contributed by atoms with van der Waals surface area (Å²) < 4.78 is 13.5. The molecule has 0 saturated carbocycles. The summed E-state index contributed by atoms with van der Waals surface area (Å²) in [7, 11) is 0. The second-order valence-corrected chi connectivity index (χ2v) is 3.16. The van der Waals surface area contributed by atoms with E-state index in [0.29, 0.717) is 0 Å². The van der Waals surface area contributed by atoms with E-state index in [0.717, 1.165) is 18.5 Å². The lowest BCUT2D eigenvalue weighted by molar-refractivity contribution is 0.194. The third kappa shape index (κ3) is 1.34. The average molecular weight is 165 g/mol. The Morgan fingerprint density at radius 1 is 1.33 bits per heavy atom. The fourth-order valence-electron chi connectivity index (χ4n) is 1.43. The molecule has 0 aliphatic carbocycles. The van der Waals surface area contributed by atoms with Crippen molar-refractivity contribution in [2.75, 3.05) is 6.54 Å². The molecule has 0 bridgehead atoms. The van der Waals surface area contributed by atoms with Crippen LogP contribution in [0.2, 0.25) is 0 Å². The van der Waals surface area contributed by atoms with Crippen molar-refractivity contribution in [3.05, 3.63) is 35.9 Å². The van der Waals surface area contributed by atoms with Gasteiger partial charge in [0.1, 0.15) is 6.17 Å². The Morgan fingerprint density at radius 3 is 2.50 bits per heavy atom. The molecule has 1 aliphatic heterocycles. The fourth-order valence-corrected chi connectivity index (χ4v) is 1.43. The van der Waals surface area contributed by atoms with Crippen LogP contribution >= 0.6 is 0 Å². The molecule has 12 heavy (non-hydrogen) atoms. The highest BCUT2D eigenvalue weighted by Crippen LogP contribution is 2.25. The first-order valence-corrected chi connectivity index (χ1v) is 4.30. The summed E-state index contributed by atoms with van der Waals surface area (Å²) in [5.74, 6) is 0. The average Bonchev–Trinajstić information content (AvgIpc) is 2.03. The van der Waals surface area contributed by atoms with Gasteiger partial charge in [-0.1, -0.05) is 30.3 Å². The Kier molecular flexibility index (Phi) is 2.09. The Bertz CT molecular complexity index is 243. The van der Waals surface area contributed by atoms with E-state index in [4.69, 9.17) is 0 Å². The highest BCUT2D eigenvalue weighted by atomic mass is 19.1. The van der Waals surface area contributed by atoms with Gasteiger partial charge >= 0.3 is 0 Å². The Morgan fingerprint density at radius 2 is 2.00 bits per heavy atom. The van der Waals surface area contributed by atoms with E-state index in [9.17, 15) is 4.39 Å². The highest BCUT2D eigenvalue weighted by Gasteiger charge is 2.27. The van der Waals surface area contributed by atoms with Crippen molar-refractivity contribution in [1.82, 2.24) is 5.32 Å². The SMILES string of the molecule is FC(c1ccccc1)C1CCN1. The molecule has 1 fully saturated rings. The molecule has 1 saturated heterocycles. The van der Waals surface area contributed by atoms with Crippen LogP contribution in [0.4, 0.5) is 4.39 Å². The second kappa shape index (κ2) is 3.23. The topological polar surface area (TPSA) is 12.0 Å². The van der Waals surface area contributed by atoms with Crippen LogP contribution in [0, 0.1) is 0 Å². The summed E-state index contributed by atoms with van der Waals surface area (Å²) >= 11 is 0. The lowest BCUT2D eigenvalue weighted by atomic mass is 9.96. The molecule has 1 nitrogen and oxygen atoms in total. The molecule has 0 radical (unpaired) electrons. The van der Waals surface area contributed by atoms with Crippen molar-refractivity contribution >= 4 is 0 Å². The molecular formula is C10H12FN. The number of benzene rings is 1. The third-order valence-corrected chi connectivity index (χ3v) is 2.33. The predicted octanol–water partition coefficient (Wildman–Crippen LogP) is 2.06. The minimum atomic E-state index is -0.833. The summed E-state index contributed by atoms with van der Waals surface area (Å²) in [6, 6.07) is 9.38. The summed E-state index contributed by atoms with van der Waals surface area (Å²) in [5.41, 5.74) is 0.787. The van der Waals surface area contributed by atoms with Crippen molar-refractivity contribution in [3.8, 4) is 0 Å². The highest BCUT2D eigenvalue weighted by molar-refractivity contribution is 5.19. The maximum Gasteiger partial charge on any atom is 0.140 e. The molecule has 2 heteroatoms. The van der Waals surface area contributed by atoms with Gasteiger partial charge in [0, 0.05) is 6.04 Å². The van der Waals surface area contributed by atoms with Crippen molar-refractivity contribution in [2.45, 2.75) is 18.6 Å². The molecule has 64 valence electrons. The van der Waals surface area contributed by atoms with E-state index in [1.807, 2.05) is 30.3 Å². The van der Waals surface area contributed by atoms with Gasteiger partial charge in [-0.2, -0.15) is 0 Å². The first-order valence-electron chi connectivity index (χ1n) is 4.30. The van der Waals surface area contributed by atoms with Crippen molar-refractivity contribution in [1.29, 1.82) is 0 Å². The molecule has 2 rings (SSSR count). The van der Waals surface area contributed by atoms with Gasteiger partial charge in [-0.25, -0.2) is 4.39 Å². The van der Waals surface area contributed by atoms with Crippen LogP contribution in [0.25, 0.3) is 0 Å². The zero-order valence-electron chi connectivity index (χ0n) is 6.83. The number of hydrogen-bond acceptors (Lipinski definition) is 1. The molecule has 1 aliphatic rings. The molecule has 2 unspecified atom stereocenters. The molecule has 0 spiro atoms. The van der Waals surface area contributed by atoms with Crippen molar-refractivity contribution < 1.29 is 4.39 Å². The Hall–Kier alpha value is -0.890. The van der Waals surface area contributed by atoms with Crippen LogP contribution in [0.5, 0.6) is 0 Å². The molecule has 0 aromatic heterocycles. The van der Waals surface area contributed by atoms with E-state index < -0.39 is 6.17 Å². The molecule has 1 aromatic rings. The minimum absolute atomic E-state index is 0.0485. The summed E-state index contributed by atoms with van der Waals surface area (Å²) in [6.45, 7) is 0.956.